The van der Waals surface area contributed by atoms with E-state index in [0.717, 1.165) is 10.2 Å². The molecule has 1 aliphatic carbocycles. The number of carbonyl (C=O) groups excluding carboxylic acids is 1. The van der Waals surface area contributed by atoms with Crippen molar-refractivity contribution in [3.63, 3.8) is 0 Å². The van der Waals surface area contributed by atoms with E-state index in [-0.39, 0.29) is 5.91 Å². The fraction of sp³-hybridized carbons (Fsp3) is 0.500. The molecule has 5 heteroatoms. The van der Waals surface area contributed by atoms with Crippen LogP contribution in [-0.4, -0.2) is 23.5 Å². The van der Waals surface area contributed by atoms with Crippen LogP contribution in [0.3, 0.4) is 0 Å². The Labute approximate surface area is 109 Å². The van der Waals surface area contributed by atoms with E-state index in [2.05, 4.69) is 31.5 Å². The Morgan fingerprint density at radius 2 is 2.18 bits per heavy atom. The third-order valence-electron chi connectivity index (χ3n) is 2.90. The Morgan fingerprint density at radius 3 is 2.88 bits per heavy atom. The number of nitrogens with zero attached hydrogens (tertiary/aromatic N) is 1. The molecule has 0 atom stereocenters. The molecule has 0 radical (unpaired) electrons. The Bertz CT molecular complexity index is 391. The summed E-state index contributed by atoms with van der Waals surface area (Å²) in [6, 6.07) is 2.35. The van der Waals surface area contributed by atoms with E-state index in [1.165, 1.54) is 25.7 Å². The number of aromatic nitrogens is 1. The average Bonchev–Trinajstić information content (AvgIpc) is 2.79. The first-order valence-corrected chi connectivity index (χ1v) is 6.67. The van der Waals surface area contributed by atoms with Gasteiger partial charge in [-0.05, 0) is 34.8 Å². The highest BCUT2D eigenvalue weighted by atomic mass is 79.9. The van der Waals surface area contributed by atoms with Gasteiger partial charge in [-0.2, -0.15) is 0 Å². The number of pyridine rings is 1. The minimum atomic E-state index is -0.0169. The topological polar surface area (TPSA) is 54.0 Å². The fourth-order valence-electron chi connectivity index (χ4n) is 2.05. The van der Waals surface area contributed by atoms with Crippen molar-refractivity contribution in [2.75, 3.05) is 11.9 Å². The van der Waals surface area contributed by atoms with Gasteiger partial charge >= 0.3 is 0 Å². The summed E-state index contributed by atoms with van der Waals surface area (Å²) >= 11 is 3.32. The van der Waals surface area contributed by atoms with Crippen molar-refractivity contribution in [1.29, 1.82) is 0 Å². The standard InChI is InChI=1S/C12H16BrN3O/c13-9-5-11(7-14-6-9)16-12(17)8-15-10-3-1-2-4-10/h5-7,10,15H,1-4,8H2,(H,16,17). The fourth-order valence-corrected chi connectivity index (χ4v) is 2.42. The van der Waals surface area contributed by atoms with Crippen LogP contribution in [0.5, 0.6) is 0 Å². The van der Waals surface area contributed by atoms with Crippen LogP contribution in [-0.2, 0) is 4.79 Å². The summed E-state index contributed by atoms with van der Waals surface area (Å²) in [5, 5.41) is 6.08. The Kier molecular flexibility index (Phi) is 4.50. The van der Waals surface area contributed by atoms with Gasteiger partial charge < -0.3 is 10.6 Å². The van der Waals surface area contributed by atoms with Gasteiger partial charge in [-0.15, -0.1) is 0 Å². The Hall–Kier alpha value is -0.940. The quantitative estimate of drug-likeness (QED) is 0.897. The Balaban J connectivity index is 1.76. The maximum atomic E-state index is 11.7. The summed E-state index contributed by atoms with van der Waals surface area (Å²) in [5.74, 6) is -0.0169. The molecular formula is C12H16BrN3O. The van der Waals surface area contributed by atoms with Gasteiger partial charge in [-0.25, -0.2) is 0 Å². The van der Waals surface area contributed by atoms with Crippen LogP contribution in [0.25, 0.3) is 0 Å². The summed E-state index contributed by atoms with van der Waals surface area (Å²) in [7, 11) is 0. The first-order chi connectivity index (χ1) is 8.24. The van der Waals surface area contributed by atoms with Crippen molar-refractivity contribution >= 4 is 27.5 Å². The number of amides is 1. The number of nitrogens with one attached hydrogen (secondary N) is 2. The van der Waals surface area contributed by atoms with Gasteiger partial charge in [0.1, 0.15) is 0 Å². The molecule has 2 rings (SSSR count). The lowest BCUT2D eigenvalue weighted by molar-refractivity contribution is -0.115. The molecule has 17 heavy (non-hydrogen) atoms. The number of carbonyl (C=O) groups is 1. The minimum absolute atomic E-state index is 0.0169. The van der Waals surface area contributed by atoms with Crippen molar-refractivity contribution < 1.29 is 4.79 Å². The molecule has 0 aromatic carbocycles. The van der Waals surface area contributed by atoms with E-state index in [1.807, 2.05) is 6.07 Å². The number of halogens is 1. The maximum absolute atomic E-state index is 11.7. The molecule has 4 nitrogen and oxygen atoms in total. The van der Waals surface area contributed by atoms with Crippen LogP contribution < -0.4 is 10.6 Å². The van der Waals surface area contributed by atoms with E-state index < -0.39 is 0 Å². The SMILES string of the molecule is O=C(CNC1CCCC1)Nc1cncc(Br)c1. The summed E-state index contributed by atoms with van der Waals surface area (Å²) in [6.07, 6.45) is 8.24. The van der Waals surface area contributed by atoms with Crippen LogP contribution >= 0.6 is 15.9 Å². The second-order valence-corrected chi connectivity index (χ2v) is 5.22. The van der Waals surface area contributed by atoms with E-state index >= 15 is 0 Å². The lowest BCUT2D eigenvalue weighted by atomic mass is 10.2. The predicted molar refractivity (Wildman–Crippen MR) is 70.8 cm³/mol. The number of hydrogen-bond donors (Lipinski definition) is 2. The molecule has 2 N–H and O–H groups in total. The van der Waals surface area contributed by atoms with Crippen molar-refractivity contribution in [2.45, 2.75) is 31.7 Å². The zero-order valence-corrected chi connectivity index (χ0v) is 11.2. The zero-order valence-electron chi connectivity index (χ0n) is 9.58. The van der Waals surface area contributed by atoms with Crippen molar-refractivity contribution in [2.24, 2.45) is 0 Å². The van der Waals surface area contributed by atoms with E-state index in [4.69, 9.17) is 0 Å². The maximum Gasteiger partial charge on any atom is 0.238 e. The lowest BCUT2D eigenvalue weighted by Crippen LogP contribution is -2.34. The largest absolute Gasteiger partial charge is 0.324 e. The molecule has 0 aliphatic heterocycles. The molecule has 1 aliphatic rings. The number of rotatable bonds is 4. The molecule has 0 bridgehead atoms. The van der Waals surface area contributed by atoms with Gasteiger partial charge in [0.05, 0.1) is 18.4 Å². The van der Waals surface area contributed by atoms with Crippen LogP contribution in [0.1, 0.15) is 25.7 Å². The first-order valence-electron chi connectivity index (χ1n) is 5.88. The summed E-state index contributed by atoms with van der Waals surface area (Å²) in [5.41, 5.74) is 0.720. The summed E-state index contributed by atoms with van der Waals surface area (Å²) in [6.45, 7) is 0.372. The van der Waals surface area contributed by atoms with Gasteiger partial charge in [0.15, 0.2) is 0 Å². The summed E-state index contributed by atoms with van der Waals surface area (Å²) in [4.78, 5) is 15.7. The van der Waals surface area contributed by atoms with Gasteiger partial charge in [0.25, 0.3) is 0 Å². The normalized spacial score (nSPS) is 16.1. The highest BCUT2D eigenvalue weighted by molar-refractivity contribution is 9.10. The highest BCUT2D eigenvalue weighted by Gasteiger charge is 2.15. The smallest absolute Gasteiger partial charge is 0.238 e. The molecule has 1 heterocycles. The second kappa shape index (κ2) is 6.12. The molecule has 1 saturated carbocycles. The Morgan fingerprint density at radius 1 is 1.41 bits per heavy atom. The molecule has 1 aromatic rings. The van der Waals surface area contributed by atoms with E-state index in [1.54, 1.807) is 12.4 Å². The van der Waals surface area contributed by atoms with Gasteiger partial charge in [0, 0.05) is 16.7 Å². The van der Waals surface area contributed by atoms with Crippen molar-refractivity contribution in [3.8, 4) is 0 Å². The highest BCUT2D eigenvalue weighted by Crippen LogP contribution is 2.17. The van der Waals surface area contributed by atoms with Crippen molar-refractivity contribution in [3.05, 3.63) is 22.9 Å². The van der Waals surface area contributed by atoms with Crippen LogP contribution in [0.15, 0.2) is 22.9 Å². The molecule has 1 fully saturated rings. The first kappa shape index (κ1) is 12.5. The predicted octanol–water partition coefficient (Wildman–Crippen LogP) is 2.31. The lowest BCUT2D eigenvalue weighted by Gasteiger charge is -2.11. The molecular weight excluding hydrogens is 282 g/mol. The number of hydrogen-bond acceptors (Lipinski definition) is 3. The van der Waals surface area contributed by atoms with Gasteiger partial charge in [0.2, 0.25) is 5.91 Å². The average molecular weight is 298 g/mol. The monoisotopic (exact) mass is 297 g/mol. The van der Waals surface area contributed by atoms with Gasteiger partial charge in [-0.1, -0.05) is 12.8 Å². The second-order valence-electron chi connectivity index (χ2n) is 4.30. The van der Waals surface area contributed by atoms with E-state index in [0.29, 0.717) is 12.6 Å². The summed E-state index contributed by atoms with van der Waals surface area (Å²) < 4.78 is 0.860. The van der Waals surface area contributed by atoms with Gasteiger partial charge in [-0.3, -0.25) is 9.78 Å². The molecule has 0 saturated heterocycles. The van der Waals surface area contributed by atoms with Crippen LogP contribution in [0.4, 0.5) is 5.69 Å². The third-order valence-corrected chi connectivity index (χ3v) is 3.33. The molecule has 1 amide bonds. The number of anilines is 1. The molecule has 0 unspecified atom stereocenters. The molecule has 1 aromatic heterocycles. The molecule has 92 valence electrons. The zero-order chi connectivity index (χ0) is 12.1. The third kappa shape index (κ3) is 4.09. The van der Waals surface area contributed by atoms with Crippen LogP contribution in [0, 0.1) is 0 Å². The minimum Gasteiger partial charge on any atom is -0.324 e. The molecule has 0 spiro atoms. The van der Waals surface area contributed by atoms with Crippen LogP contribution in [0.2, 0.25) is 0 Å². The van der Waals surface area contributed by atoms with E-state index in [9.17, 15) is 4.79 Å². The van der Waals surface area contributed by atoms with Crippen molar-refractivity contribution in [1.82, 2.24) is 10.3 Å².